The van der Waals surface area contributed by atoms with Gasteiger partial charge in [0.2, 0.25) is 0 Å². The van der Waals surface area contributed by atoms with Gasteiger partial charge in [-0.25, -0.2) is 9.97 Å². The molecule has 1 N–H and O–H groups in total. The molecule has 1 rings (SSSR count). The van der Waals surface area contributed by atoms with Crippen LogP contribution >= 0.6 is 0 Å². The Morgan fingerprint density at radius 2 is 2.14 bits per heavy atom. The quantitative estimate of drug-likeness (QED) is 0.796. The van der Waals surface area contributed by atoms with Crippen molar-refractivity contribution in [3.63, 3.8) is 0 Å². The fourth-order valence-electron chi connectivity index (χ4n) is 1.49. The van der Waals surface area contributed by atoms with Crippen LogP contribution < -0.4 is 5.32 Å². The maximum atomic E-state index is 4.35. The zero-order valence-corrected chi connectivity index (χ0v) is 9.46. The van der Waals surface area contributed by atoms with Crippen LogP contribution in [-0.4, -0.2) is 16.5 Å². The smallest absolute Gasteiger partial charge is 0.125 e. The molecule has 0 bridgehead atoms. The lowest BCUT2D eigenvalue weighted by atomic mass is 10.1. The molecule has 0 aliphatic heterocycles. The SMILES string of the molecule is CCCNC(C)c1cnc(C)nc1C. The summed E-state index contributed by atoms with van der Waals surface area (Å²) in [6, 6.07) is 0.343. The van der Waals surface area contributed by atoms with E-state index in [9.17, 15) is 0 Å². The third-order valence-electron chi connectivity index (χ3n) is 2.30. The molecular weight excluding hydrogens is 174 g/mol. The van der Waals surface area contributed by atoms with E-state index in [1.54, 1.807) is 0 Å². The Balaban J connectivity index is 2.74. The Morgan fingerprint density at radius 1 is 1.43 bits per heavy atom. The maximum Gasteiger partial charge on any atom is 0.125 e. The van der Waals surface area contributed by atoms with Crippen LogP contribution in [0.15, 0.2) is 6.20 Å². The molecule has 0 saturated heterocycles. The zero-order valence-electron chi connectivity index (χ0n) is 9.46. The normalized spacial score (nSPS) is 12.9. The molecule has 0 aliphatic rings. The Hall–Kier alpha value is -0.960. The number of aromatic nitrogens is 2. The summed E-state index contributed by atoms with van der Waals surface area (Å²) >= 11 is 0. The second kappa shape index (κ2) is 5.05. The van der Waals surface area contributed by atoms with Crippen molar-refractivity contribution >= 4 is 0 Å². The van der Waals surface area contributed by atoms with Crippen LogP contribution in [0.25, 0.3) is 0 Å². The third kappa shape index (κ3) is 2.77. The van der Waals surface area contributed by atoms with E-state index in [0.717, 1.165) is 24.5 Å². The number of hydrogen-bond acceptors (Lipinski definition) is 3. The van der Waals surface area contributed by atoms with Crippen LogP contribution in [0.5, 0.6) is 0 Å². The van der Waals surface area contributed by atoms with Crippen molar-refractivity contribution in [3.05, 3.63) is 23.3 Å². The Kier molecular flexibility index (Phi) is 4.01. The Bertz CT molecular complexity index is 297. The topological polar surface area (TPSA) is 37.8 Å². The van der Waals surface area contributed by atoms with E-state index >= 15 is 0 Å². The van der Waals surface area contributed by atoms with Crippen molar-refractivity contribution in [2.75, 3.05) is 6.54 Å². The molecule has 3 nitrogen and oxygen atoms in total. The van der Waals surface area contributed by atoms with E-state index < -0.39 is 0 Å². The van der Waals surface area contributed by atoms with Crippen LogP contribution in [0, 0.1) is 13.8 Å². The average molecular weight is 193 g/mol. The van der Waals surface area contributed by atoms with Crippen LogP contribution in [0.1, 0.15) is 43.4 Å². The van der Waals surface area contributed by atoms with E-state index in [-0.39, 0.29) is 0 Å². The Morgan fingerprint density at radius 3 is 2.71 bits per heavy atom. The van der Waals surface area contributed by atoms with Crippen molar-refractivity contribution in [2.24, 2.45) is 0 Å². The second-order valence-electron chi connectivity index (χ2n) is 3.63. The fraction of sp³-hybridized carbons (Fsp3) is 0.636. The molecule has 0 saturated carbocycles. The number of hydrogen-bond donors (Lipinski definition) is 1. The molecule has 1 aromatic rings. The molecule has 0 aromatic carbocycles. The van der Waals surface area contributed by atoms with Gasteiger partial charge in [0.1, 0.15) is 5.82 Å². The molecule has 1 aromatic heterocycles. The number of nitrogens with one attached hydrogen (secondary N) is 1. The van der Waals surface area contributed by atoms with Crippen molar-refractivity contribution in [1.82, 2.24) is 15.3 Å². The molecule has 3 heteroatoms. The Labute approximate surface area is 86.0 Å². The average Bonchev–Trinajstić information content (AvgIpc) is 2.14. The van der Waals surface area contributed by atoms with Gasteiger partial charge < -0.3 is 5.32 Å². The standard InChI is InChI=1S/C11H19N3/c1-5-6-12-8(2)11-7-13-10(4)14-9(11)3/h7-8,12H,5-6H2,1-4H3. The predicted molar refractivity (Wildman–Crippen MR) is 58.2 cm³/mol. The molecular formula is C11H19N3. The fourth-order valence-corrected chi connectivity index (χ4v) is 1.49. The summed E-state index contributed by atoms with van der Waals surface area (Å²) in [5.74, 6) is 0.842. The summed E-state index contributed by atoms with van der Waals surface area (Å²) in [5.41, 5.74) is 2.28. The summed E-state index contributed by atoms with van der Waals surface area (Å²) in [5, 5.41) is 3.43. The lowest BCUT2D eigenvalue weighted by molar-refractivity contribution is 0.563. The van der Waals surface area contributed by atoms with Gasteiger partial charge in [0.25, 0.3) is 0 Å². The first-order valence-electron chi connectivity index (χ1n) is 5.18. The van der Waals surface area contributed by atoms with Crippen molar-refractivity contribution < 1.29 is 0 Å². The van der Waals surface area contributed by atoms with Crippen LogP contribution in [-0.2, 0) is 0 Å². The highest BCUT2D eigenvalue weighted by Gasteiger charge is 2.08. The summed E-state index contributed by atoms with van der Waals surface area (Å²) in [6.45, 7) is 9.30. The summed E-state index contributed by atoms with van der Waals surface area (Å²) in [7, 11) is 0. The van der Waals surface area contributed by atoms with Crippen LogP contribution in [0.4, 0.5) is 0 Å². The minimum Gasteiger partial charge on any atom is -0.310 e. The lowest BCUT2D eigenvalue weighted by Crippen LogP contribution is -2.20. The molecule has 1 heterocycles. The number of aryl methyl sites for hydroxylation is 2. The molecule has 1 unspecified atom stereocenters. The van der Waals surface area contributed by atoms with Gasteiger partial charge in [0.05, 0.1) is 0 Å². The predicted octanol–water partition coefficient (Wildman–Crippen LogP) is 2.15. The second-order valence-corrected chi connectivity index (χ2v) is 3.63. The lowest BCUT2D eigenvalue weighted by Gasteiger charge is -2.15. The molecule has 0 aliphatic carbocycles. The summed E-state index contributed by atoms with van der Waals surface area (Å²) in [6.07, 6.45) is 3.07. The molecule has 0 amide bonds. The molecule has 1 atom stereocenters. The summed E-state index contributed by atoms with van der Waals surface area (Å²) < 4.78 is 0. The molecule has 0 spiro atoms. The first kappa shape index (κ1) is 11.1. The van der Waals surface area contributed by atoms with Crippen LogP contribution in [0.3, 0.4) is 0 Å². The highest BCUT2D eigenvalue weighted by atomic mass is 14.9. The summed E-state index contributed by atoms with van der Waals surface area (Å²) in [4.78, 5) is 8.57. The van der Waals surface area contributed by atoms with Crippen molar-refractivity contribution in [2.45, 2.75) is 40.2 Å². The van der Waals surface area contributed by atoms with Gasteiger partial charge in [-0.15, -0.1) is 0 Å². The molecule has 0 radical (unpaired) electrons. The van der Waals surface area contributed by atoms with E-state index in [4.69, 9.17) is 0 Å². The van der Waals surface area contributed by atoms with Gasteiger partial charge in [-0.1, -0.05) is 6.92 Å². The van der Waals surface area contributed by atoms with Crippen molar-refractivity contribution in [1.29, 1.82) is 0 Å². The van der Waals surface area contributed by atoms with Gasteiger partial charge in [-0.3, -0.25) is 0 Å². The first-order chi connectivity index (χ1) is 6.65. The van der Waals surface area contributed by atoms with E-state index in [0.29, 0.717) is 6.04 Å². The highest BCUT2D eigenvalue weighted by Crippen LogP contribution is 2.14. The minimum atomic E-state index is 0.343. The van der Waals surface area contributed by atoms with Crippen molar-refractivity contribution in [3.8, 4) is 0 Å². The van der Waals surface area contributed by atoms with E-state index in [1.165, 1.54) is 5.56 Å². The largest absolute Gasteiger partial charge is 0.310 e. The zero-order chi connectivity index (χ0) is 10.6. The highest BCUT2D eigenvalue weighted by molar-refractivity contribution is 5.19. The van der Waals surface area contributed by atoms with Gasteiger partial charge in [0.15, 0.2) is 0 Å². The van der Waals surface area contributed by atoms with E-state index in [2.05, 4.69) is 29.1 Å². The van der Waals surface area contributed by atoms with Gasteiger partial charge in [-0.2, -0.15) is 0 Å². The van der Waals surface area contributed by atoms with Gasteiger partial charge in [0, 0.05) is 23.5 Å². The number of nitrogens with zero attached hydrogens (tertiary/aromatic N) is 2. The van der Waals surface area contributed by atoms with Gasteiger partial charge >= 0.3 is 0 Å². The van der Waals surface area contributed by atoms with Crippen LogP contribution in [0.2, 0.25) is 0 Å². The van der Waals surface area contributed by atoms with E-state index in [1.807, 2.05) is 20.0 Å². The minimum absolute atomic E-state index is 0.343. The molecule has 14 heavy (non-hydrogen) atoms. The first-order valence-corrected chi connectivity index (χ1v) is 5.18. The third-order valence-corrected chi connectivity index (χ3v) is 2.30. The molecule has 0 fully saturated rings. The maximum absolute atomic E-state index is 4.35. The monoisotopic (exact) mass is 193 g/mol. The number of rotatable bonds is 4. The van der Waals surface area contributed by atoms with Gasteiger partial charge in [-0.05, 0) is 33.7 Å². The molecule has 78 valence electrons.